The Morgan fingerprint density at radius 2 is 1.74 bits per heavy atom. The standard InChI is InChI=1S/C19H34N4/c1-7-19(5,6)20-12-15-13-8-10-16-17(11-9-14(13)15)23(22-21-16)18(2,3)4/h13-15,20H,7-12H2,1-6H3/t13-,14+,15-/m0/s1. The zero-order valence-corrected chi connectivity index (χ0v) is 15.8. The fourth-order valence-electron chi connectivity index (χ4n) is 4.13. The van der Waals surface area contributed by atoms with Crippen LogP contribution in [0.3, 0.4) is 0 Å². The third-order valence-corrected chi connectivity index (χ3v) is 6.12. The first kappa shape index (κ1) is 16.9. The molecule has 1 fully saturated rings. The number of fused-ring (bicyclic) bond motifs is 2. The van der Waals surface area contributed by atoms with Gasteiger partial charge in [0.2, 0.25) is 0 Å². The van der Waals surface area contributed by atoms with E-state index in [4.69, 9.17) is 0 Å². The van der Waals surface area contributed by atoms with Gasteiger partial charge < -0.3 is 5.32 Å². The summed E-state index contributed by atoms with van der Waals surface area (Å²) in [6, 6.07) is 0. The normalized spacial score (nSPS) is 27.8. The van der Waals surface area contributed by atoms with Gasteiger partial charge in [0.25, 0.3) is 0 Å². The maximum Gasteiger partial charge on any atom is 0.0859 e. The molecule has 0 spiro atoms. The summed E-state index contributed by atoms with van der Waals surface area (Å²) in [5, 5.41) is 12.7. The van der Waals surface area contributed by atoms with Crippen LogP contribution in [0, 0.1) is 17.8 Å². The van der Waals surface area contributed by atoms with Crippen molar-refractivity contribution in [3.63, 3.8) is 0 Å². The minimum Gasteiger partial charge on any atom is -0.312 e. The van der Waals surface area contributed by atoms with Crippen molar-refractivity contribution in [2.45, 2.75) is 84.7 Å². The van der Waals surface area contributed by atoms with Crippen LogP contribution in [0.25, 0.3) is 0 Å². The molecule has 2 aliphatic rings. The molecular formula is C19H34N4. The minimum atomic E-state index is 0.0365. The van der Waals surface area contributed by atoms with Crippen LogP contribution in [0.2, 0.25) is 0 Å². The Morgan fingerprint density at radius 1 is 1.09 bits per heavy atom. The lowest BCUT2D eigenvalue weighted by atomic mass is 10.00. The van der Waals surface area contributed by atoms with E-state index in [0.717, 1.165) is 30.6 Å². The van der Waals surface area contributed by atoms with Gasteiger partial charge in [0, 0.05) is 5.54 Å². The number of rotatable bonds is 4. The summed E-state index contributed by atoms with van der Waals surface area (Å²) in [6.45, 7) is 14.7. The molecule has 130 valence electrons. The Hall–Kier alpha value is -0.900. The van der Waals surface area contributed by atoms with Gasteiger partial charge in [0.15, 0.2) is 0 Å². The van der Waals surface area contributed by atoms with E-state index < -0.39 is 0 Å². The van der Waals surface area contributed by atoms with Crippen LogP contribution >= 0.6 is 0 Å². The number of aryl methyl sites for hydroxylation is 1. The molecule has 1 saturated carbocycles. The molecule has 2 aliphatic carbocycles. The first-order valence-electron chi connectivity index (χ1n) is 9.42. The highest BCUT2D eigenvalue weighted by atomic mass is 15.5. The molecule has 4 heteroatoms. The summed E-state index contributed by atoms with van der Waals surface area (Å²) < 4.78 is 2.17. The molecule has 0 bridgehead atoms. The van der Waals surface area contributed by atoms with Crippen LogP contribution in [0.5, 0.6) is 0 Å². The SMILES string of the molecule is CCC(C)(C)NC[C@@H]1[C@@H]2CCc3c(nnn3C(C)(C)C)CC[C@@H]21. The van der Waals surface area contributed by atoms with Crippen molar-refractivity contribution in [1.29, 1.82) is 0 Å². The smallest absolute Gasteiger partial charge is 0.0859 e. The summed E-state index contributed by atoms with van der Waals surface area (Å²) in [5.41, 5.74) is 2.96. The molecule has 1 aromatic rings. The number of hydrogen-bond acceptors (Lipinski definition) is 3. The largest absolute Gasteiger partial charge is 0.312 e. The summed E-state index contributed by atoms with van der Waals surface area (Å²) in [4.78, 5) is 0. The topological polar surface area (TPSA) is 42.7 Å². The van der Waals surface area contributed by atoms with Gasteiger partial charge in [-0.1, -0.05) is 12.1 Å². The summed E-state index contributed by atoms with van der Waals surface area (Å²) in [5.74, 6) is 2.69. The average Bonchev–Trinajstić information content (AvgIpc) is 2.93. The predicted octanol–water partition coefficient (Wildman–Crippen LogP) is 3.55. The zero-order valence-electron chi connectivity index (χ0n) is 15.8. The lowest BCUT2D eigenvalue weighted by Gasteiger charge is -2.24. The first-order valence-corrected chi connectivity index (χ1v) is 9.42. The van der Waals surface area contributed by atoms with Gasteiger partial charge in [-0.05, 0) is 91.0 Å². The fraction of sp³-hybridized carbons (Fsp3) is 0.895. The lowest BCUT2D eigenvalue weighted by molar-refractivity contribution is 0.332. The van der Waals surface area contributed by atoms with Crippen molar-refractivity contribution in [1.82, 2.24) is 20.3 Å². The average molecular weight is 319 g/mol. The first-order chi connectivity index (χ1) is 10.7. The second-order valence-corrected chi connectivity index (χ2v) is 9.25. The molecule has 4 nitrogen and oxygen atoms in total. The van der Waals surface area contributed by atoms with Crippen LogP contribution in [0.4, 0.5) is 0 Å². The zero-order chi connectivity index (χ0) is 16.8. The van der Waals surface area contributed by atoms with Crippen molar-refractivity contribution in [2.24, 2.45) is 17.8 Å². The predicted molar refractivity (Wildman–Crippen MR) is 94.5 cm³/mol. The van der Waals surface area contributed by atoms with E-state index >= 15 is 0 Å². The second kappa shape index (κ2) is 5.87. The summed E-state index contributed by atoms with van der Waals surface area (Å²) in [6.07, 6.45) is 6.04. The van der Waals surface area contributed by atoms with Gasteiger partial charge in [0.05, 0.1) is 16.9 Å². The molecule has 1 aromatic heterocycles. The lowest BCUT2D eigenvalue weighted by Crippen LogP contribution is -2.40. The molecule has 0 aliphatic heterocycles. The van der Waals surface area contributed by atoms with Gasteiger partial charge in [-0.2, -0.15) is 0 Å². The van der Waals surface area contributed by atoms with E-state index in [2.05, 4.69) is 61.9 Å². The monoisotopic (exact) mass is 318 g/mol. The molecule has 3 rings (SSSR count). The molecule has 0 amide bonds. The van der Waals surface area contributed by atoms with E-state index in [1.165, 1.54) is 37.2 Å². The third-order valence-electron chi connectivity index (χ3n) is 6.12. The van der Waals surface area contributed by atoms with E-state index in [-0.39, 0.29) is 11.1 Å². The van der Waals surface area contributed by atoms with E-state index in [1.54, 1.807) is 0 Å². The van der Waals surface area contributed by atoms with Crippen LogP contribution in [-0.4, -0.2) is 27.1 Å². The second-order valence-electron chi connectivity index (χ2n) is 9.25. The Labute approximate surface area is 141 Å². The van der Waals surface area contributed by atoms with Crippen molar-refractivity contribution in [3.05, 3.63) is 11.4 Å². The Kier molecular flexibility index (Phi) is 4.33. The van der Waals surface area contributed by atoms with E-state index in [9.17, 15) is 0 Å². The van der Waals surface area contributed by atoms with E-state index in [0.29, 0.717) is 0 Å². The maximum atomic E-state index is 4.50. The van der Waals surface area contributed by atoms with Gasteiger partial charge in [-0.3, -0.25) is 0 Å². The quantitative estimate of drug-likeness (QED) is 0.923. The Balaban J connectivity index is 1.64. The molecular weight excluding hydrogens is 284 g/mol. The van der Waals surface area contributed by atoms with Gasteiger partial charge in [0.1, 0.15) is 0 Å². The summed E-state index contributed by atoms with van der Waals surface area (Å²) in [7, 11) is 0. The number of hydrogen-bond donors (Lipinski definition) is 1. The highest BCUT2D eigenvalue weighted by Crippen LogP contribution is 2.52. The van der Waals surface area contributed by atoms with Crippen LogP contribution in [-0.2, 0) is 18.4 Å². The molecule has 0 saturated heterocycles. The Morgan fingerprint density at radius 3 is 2.35 bits per heavy atom. The molecule has 1 heterocycles. The number of nitrogens with zero attached hydrogens (tertiary/aromatic N) is 3. The van der Waals surface area contributed by atoms with Crippen molar-refractivity contribution in [2.75, 3.05) is 6.54 Å². The third kappa shape index (κ3) is 3.47. The molecule has 23 heavy (non-hydrogen) atoms. The molecule has 3 atom stereocenters. The van der Waals surface area contributed by atoms with Crippen molar-refractivity contribution in [3.8, 4) is 0 Å². The van der Waals surface area contributed by atoms with Gasteiger partial charge >= 0.3 is 0 Å². The molecule has 1 N–H and O–H groups in total. The van der Waals surface area contributed by atoms with Crippen molar-refractivity contribution < 1.29 is 0 Å². The minimum absolute atomic E-state index is 0.0365. The highest BCUT2D eigenvalue weighted by Gasteiger charge is 2.49. The molecule has 0 unspecified atom stereocenters. The van der Waals surface area contributed by atoms with Crippen LogP contribution in [0.15, 0.2) is 0 Å². The van der Waals surface area contributed by atoms with Crippen LogP contribution < -0.4 is 5.32 Å². The molecule has 0 radical (unpaired) electrons. The maximum absolute atomic E-state index is 4.50. The fourth-order valence-corrected chi connectivity index (χ4v) is 4.13. The van der Waals surface area contributed by atoms with E-state index in [1.807, 2.05) is 0 Å². The highest BCUT2D eigenvalue weighted by molar-refractivity contribution is 5.16. The number of aromatic nitrogens is 3. The molecule has 0 aromatic carbocycles. The van der Waals surface area contributed by atoms with Crippen LogP contribution in [0.1, 0.15) is 72.2 Å². The summed E-state index contributed by atoms with van der Waals surface area (Å²) >= 11 is 0. The number of nitrogens with one attached hydrogen (secondary N) is 1. The van der Waals surface area contributed by atoms with Crippen molar-refractivity contribution >= 4 is 0 Å². The Bertz CT molecular complexity index is 552. The van der Waals surface area contributed by atoms with Gasteiger partial charge in [-0.25, -0.2) is 4.68 Å². The van der Waals surface area contributed by atoms with Gasteiger partial charge in [-0.15, -0.1) is 5.10 Å².